The molecule has 0 saturated heterocycles. The lowest BCUT2D eigenvalue weighted by molar-refractivity contribution is 0.0698. The number of hydrogen-bond donors (Lipinski definition) is 2. The van der Waals surface area contributed by atoms with Gasteiger partial charge in [0, 0.05) is 25.1 Å². The van der Waals surface area contributed by atoms with E-state index in [2.05, 4.69) is 14.8 Å². The van der Waals surface area contributed by atoms with E-state index < -0.39 is 5.97 Å². The van der Waals surface area contributed by atoms with E-state index in [0.29, 0.717) is 6.42 Å². The van der Waals surface area contributed by atoms with Crippen molar-refractivity contribution in [2.75, 3.05) is 5.73 Å². The molecule has 3 rings (SSSR count). The predicted octanol–water partition coefficient (Wildman–Crippen LogP) is 1.10. The van der Waals surface area contributed by atoms with E-state index in [1.54, 1.807) is 12.1 Å². The molecule has 0 saturated carbocycles. The van der Waals surface area contributed by atoms with Gasteiger partial charge in [0.05, 0.1) is 5.56 Å². The van der Waals surface area contributed by atoms with Gasteiger partial charge in [-0.1, -0.05) is 6.07 Å². The number of hydrogen-bond acceptors (Lipinski definition) is 4. The topological polar surface area (TPSA) is 94.0 Å². The average Bonchev–Trinajstić information content (AvgIpc) is 2.96. The van der Waals surface area contributed by atoms with E-state index in [0.717, 1.165) is 36.6 Å². The number of carboxylic acid groups (broad SMARTS) is 1. The molecule has 2 heterocycles. The van der Waals surface area contributed by atoms with Crippen LogP contribution in [0.5, 0.6) is 0 Å². The maximum absolute atomic E-state index is 11.1. The van der Waals surface area contributed by atoms with Gasteiger partial charge in [-0.25, -0.2) is 4.79 Å². The fourth-order valence-corrected chi connectivity index (χ4v) is 2.42. The third kappa shape index (κ3) is 2.05. The minimum Gasteiger partial charge on any atom is -0.478 e. The van der Waals surface area contributed by atoms with Crippen LogP contribution in [0.15, 0.2) is 18.2 Å². The summed E-state index contributed by atoms with van der Waals surface area (Å²) in [5.74, 6) is 0.892. The third-order valence-corrected chi connectivity index (χ3v) is 3.40. The monoisotopic (exact) mass is 258 g/mol. The summed E-state index contributed by atoms with van der Waals surface area (Å²) in [7, 11) is 0. The predicted molar refractivity (Wildman–Crippen MR) is 69.0 cm³/mol. The molecule has 19 heavy (non-hydrogen) atoms. The van der Waals surface area contributed by atoms with E-state index in [1.165, 1.54) is 0 Å². The molecule has 3 N–H and O–H groups in total. The van der Waals surface area contributed by atoms with E-state index in [4.69, 9.17) is 10.8 Å². The second-order valence-electron chi connectivity index (χ2n) is 4.69. The Kier molecular flexibility index (Phi) is 2.70. The summed E-state index contributed by atoms with van der Waals surface area (Å²) in [6, 6.07) is 5.06. The molecule has 0 radical (unpaired) electrons. The van der Waals surface area contributed by atoms with Crippen molar-refractivity contribution in [2.45, 2.75) is 25.8 Å². The second kappa shape index (κ2) is 4.38. The van der Waals surface area contributed by atoms with Crippen LogP contribution < -0.4 is 5.73 Å². The summed E-state index contributed by atoms with van der Waals surface area (Å²) in [5.41, 5.74) is 6.94. The van der Waals surface area contributed by atoms with Gasteiger partial charge in [0.15, 0.2) is 0 Å². The molecule has 2 aromatic rings. The van der Waals surface area contributed by atoms with Crippen LogP contribution in [0, 0.1) is 0 Å². The van der Waals surface area contributed by atoms with Crippen molar-refractivity contribution in [3.63, 3.8) is 0 Å². The van der Waals surface area contributed by atoms with E-state index in [1.807, 2.05) is 6.07 Å². The van der Waals surface area contributed by atoms with E-state index in [9.17, 15) is 4.79 Å². The molecule has 0 amide bonds. The van der Waals surface area contributed by atoms with Crippen molar-refractivity contribution in [2.24, 2.45) is 0 Å². The van der Waals surface area contributed by atoms with E-state index in [-0.39, 0.29) is 11.3 Å². The SMILES string of the molecule is Nc1ccc(Cc2nnc3n2CCC3)cc1C(=O)O. The molecule has 0 spiro atoms. The number of fused-ring (bicyclic) bond motifs is 1. The van der Waals surface area contributed by atoms with Crippen LogP contribution in [0.1, 0.15) is 34.0 Å². The van der Waals surface area contributed by atoms with Gasteiger partial charge in [0.1, 0.15) is 11.6 Å². The molecule has 0 bridgehead atoms. The number of carboxylic acids is 1. The van der Waals surface area contributed by atoms with Crippen LogP contribution in [0.2, 0.25) is 0 Å². The lowest BCUT2D eigenvalue weighted by atomic mass is 10.1. The largest absolute Gasteiger partial charge is 0.478 e. The highest BCUT2D eigenvalue weighted by atomic mass is 16.4. The minimum absolute atomic E-state index is 0.138. The van der Waals surface area contributed by atoms with Gasteiger partial charge in [-0.15, -0.1) is 10.2 Å². The zero-order chi connectivity index (χ0) is 13.4. The molecular weight excluding hydrogens is 244 g/mol. The number of aryl methyl sites for hydroxylation is 1. The van der Waals surface area contributed by atoms with E-state index >= 15 is 0 Å². The quantitative estimate of drug-likeness (QED) is 0.804. The Balaban J connectivity index is 1.91. The summed E-state index contributed by atoms with van der Waals surface area (Å²) < 4.78 is 2.11. The highest BCUT2D eigenvalue weighted by Gasteiger charge is 2.18. The number of aromatic nitrogens is 3. The van der Waals surface area contributed by atoms with Gasteiger partial charge in [0.25, 0.3) is 0 Å². The second-order valence-corrected chi connectivity index (χ2v) is 4.69. The van der Waals surface area contributed by atoms with Crippen LogP contribution in [-0.2, 0) is 19.4 Å². The number of rotatable bonds is 3. The third-order valence-electron chi connectivity index (χ3n) is 3.40. The molecule has 0 atom stereocenters. The Hall–Kier alpha value is -2.37. The van der Waals surface area contributed by atoms with Crippen LogP contribution in [-0.4, -0.2) is 25.8 Å². The number of anilines is 1. The Morgan fingerprint density at radius 3 is 3.05 bits per heavy atom. The molecule has 6 heteroatoms. The number of benzene rings is 1. The Morgan fingerprint density at radius 1 is 1.42 bits per heavy atom. The van der Waals surface area contributed by atoms with Crippen molar-refractivity contribution in [3.05, 3.63) is 41.0 Å². The summed E-state index contributed by atoms with van der Waals surface area (Å²) in [4.78, 5) is 11.1. The van der Waals surface area contributed by atoms with Gasteiger partial charge in [-0.2, -0.15) is 0 Å². The van der Waals surface area contributed by atoms with Crippen molar-refractivity contribution in [1.29, 1.82) is 0 Å². The fourth-order valence-electron chi connectivity index (χ4n) is 2.42. The lowest BCUT2D eigenvalue weighted by Gasteiger charge is -2.06. The molecule has 1 aliphatic heterocycles. The normalized spacial score (nSPS) is 13.5. The number of nitrogen functional groups attached to an aromatic ring is 1. The Morgan fingerprint density at radius 2 is 2.26 bits per heavy atom. The first-order valence-electron chi connectivity index (χ1n) is 6.18. The molecule has 0 fully saturated rings. The average molecular weight is 258 g/mol. The highest BCUT2D eigenvalue weighted by Crippen LogP contribution is 2.19. The number of carbonyl (C=O) groups is 1. The van der Waals surface area contributed by atoms with Gasteiger partial charge in [0.2, 0.25) is 0 Å². The van der Waals surface area contributed by atoms with Crippen molar-refractivity contribution < 1.29 is 9.90 Å². The fraction of sp³-hybridized carbons (Fsp3) is 0.308. The minimum atomic E-state index is -1.01. The zero-order valence-electron chi connectivity index (χ0n) is 10.3. The molecule has 1 aromatic heterocycles. The Labute approximate surface area is 109 Å². The summed E-state index contributed by atoms with van der Waals surface area (Å²) in [5, 5.41) is 17.4. The molecule has 6 nitrogen and oxygen atoms in total. The first-order valence-corrected chi connectivity index (χ1v) is 6.18. The van der Waals surface area contributed by atoms with Gasteiger partial charge in [-0.3, -0.25) is 0 Å². The summed E-state index contributed by atoms with van der Waals surface area (Å²) >= 11 is 0. The summed E-state index contributed by atoms with van der Waals surface area (Å²) in [6.07, 6.45) is 2.64. The van der Waals surface area contributed by atoms with Crippen LogP contribution >= 0.6 is 0 Å². The first kappa shape index (κ1) is 11.7. The maximum Gasteiger partial charge on any atom is 0.337 e. The number of nitrogens with two attached hydrogens (primary N) is 1. The lowest BCUT2D eigenvalue weighted by Crippen LogP contribution is -2.06. The number of aromatic carboxylic acids is 1. The van der Waals surface area contributed by atoms with Gasteiger partial charge < -0.3 is 15.4 Å². The van der Waals surface area contributed by atoms with Crippen LogP contribution in [0.25, 0.3) is 0 Å². The molecule has 98 valence electrons. The molecule has 1 aromatic carbocycles. The smallest absolute Gasteiger partial charge is 0.337 e. The van der Waals surface area contributed by atoms with Crippen molar-refractivity contribution in [1.82, 2.24) is 14.8 Å². The van der Waals surface area contributed by atoms with Crippen molar-refractivity contribution >= 4 is 11.7 Å². The van der Waals surface area contributed by atoms with Gasteiger partial charge >= 0.3 is 5.97 Å². The first-order chi connectivity index (χ1) is 9.15. The molecular formula is C13H14N4O2. The molecule has 0 unspecified atom stereocenters. The zero-order valence-corrected chi connectivity index (χ0v) is 10.3. The Bertz CT molecular complexity index is 648. The highest BCUT2D eigenvalue weighted by molar-refractivity contribution is 5.93. The van der Waals surface area contributed by atoms with Gasteiger partial charge in [-0.05, 0) is 24.1 Å². The van der Waals surface area contributed by atoms with Crippen LogP contribution in [0.3, 0.4) is 0 Å². The standard InChI is InChI=1S/C13H14N4O2/c14-10-4-3-8(6-9(10)13(18)19)7-12-16-15-11-2-1-5-17(11)12/h3-4,6H,1-2,5,7,14H2,(H,18,19). The maximum atomic E-state index is 11.1. The molecule has 0 aliphatic carbocycles. The van der Waals surface area contributed by atoms with Crippen LogP contribution in [0.4, 0.5) is 5.69 Å². The van der Waals surface area contributed by atoms with Crippen molar-refractivity contribution in [3.8, 4) is 0 Å². The summed E-state index contributed by atoms with van der Waals surface area (Å²) in [6.45, 7) is 0.943. The number of nitrogens with zero attached hydrogens (tertiary/aromatic N) is 3. The molecule has 1 aliphatic rings.